The molecule has 0 rings (SSSR count). The van der Waals surface area contributed by atoms with Gasteiger partial charge in [-0.1, -0.05) is 13.8 Å². The average Bonchev–Trinajstić information content (AvgIpc) is 2.24. The van der Waals surface area contributed by atoms with Crippen molar-refractivity contribution in [2.24, 2.45) is 0 Å². The summed E-state index contributed by atoms with van der Waals surface area (Å²) in [7, 11) is -3.01. The molecule has 0 radical (unpaired) electrons. The number of sulfone groups is 1. The fourth-order valence-electron chi connectivity index (χ4n) is 1.68. The Morgan fingerprint density at radius 3 is 2.06 bits per heavy atom. The molecule has 0 amide bonds. The number of likely N-dealkylation sites (N-methyl/N-ethyl adjacent to an activating group) is 1. The van der Waals surface area contributed by atoms with Crippen LogP contribution in [-0.4, -0.2) is 56.0 Å². The second-order valence-electron chi connectivity index (χ2n) is 5.77. The van der Waals surface area contributed by atoms with Crippen molar-refractivity contribution in [2.45, 2.75) is 52.3 Å². The topological polar surface area (TPSA) is 49.4 Å². The molecule has 0 aliphatic rings. The highest BCUT2D eigenvalue weighted by Gasteiger charge is 2.28. The minimum Gasteiger partial charge on any atom is -0.312 e. The van der Waals surface area contributed by atoms with E-state index in [0.29, 0.717) is 12.6 Å². The molecule has 0 aliphatic heterocycles. The van der Waals surface area contributed by atoms with Crippen LogP contribution in [0.3, 0.4) is 0 Å². The van der Waals surface area contributed by atoms with Crippen LogP contribution in [0.2, 0.25) is 0 Å². The highest BCUT2D eigenvalue weighted by atomic mass is 32.2. The van der Waals surface area contributed by atoms with Crippen LogP contribution in [0.4, 0.5) is 0 Å². The van der Waals surface area contributed by atoms with Crippen LogP contribution in [0.1, 0.15) is 41.5 Å². The van der Waals surface area contributed by atoms with Gasteiger partial charge >= 0.3 is 0 Å². The first-order chi connectivity index (χ1) is 8.14. The number of hydrogen-bond acceptors (Lipinski definition) is 4. The fraction of sp³-hybridized carbons (Fsp3) is 1.00. The summed E-state index contributed by atoms with van der Waals surface area (Å²) in [6, 6.07) is 0.320. The summed E-state index contributed by atoms with van der Waals surface area (Å²) in [4.78, 5) is 2.33. The molecule has 0 saturated carbocycles. The summed E-state index contributed by atoms with van der Waals surface area (Å²) >= 11 is 0. The van der Waals surface area contributed by atoms with E-state index in [1.54, 1.807) is 20.8 Å². The van der Waals surface area contributed by atoms with E-state index in [9.17, 15) is 8.42 Å². The molecule has 0 spiro atoms. The first kappa shape index (κ1) is 17.9. The molecule has 5 heteroatoms. The van der Waals surface area contributed by atoms with Gasteiger partial charge < -0.3 is 10.2 Å². The molecule has 18 heavy (non-hydrogen) atoms. The first-order valence-corrected chi connectivity index (χ1v) is 8.47. The van der Waals surface area contributed by atoms with Gasteiger partial charge in [0.15, 0.2) is 9.84 Å². The summed E-state index contributed by atoms with van der Waals surface area (Å²) in [5, 5.41) is 3.29. The Balaban J connectivity index is 4.06. The van der Waals surface area contributed by atoms with Crippen molar-refractivity contribution in [3.05, 3.63) is 0 Å². The molecule has 0 aromatic carbocycles. The lowest BCUT2D eigenvalue weighted by molar-refractivity contribution is 0.273. The Kier molecular flexibility index (Phi) is 7.40. The Morgan fingerprint density at radius 2 is 1.67 bits per heavy atom. The normalized spacial score (nSPS) is 15.1. The summed E-state index contributed by atoms with van der Waals surface area (Å²) in [6.45, 7) is 15.2. The van der Waals surface area contributed by atoms with Crippen molar-refractivity contribution >= 4 is 9.84 Å². The Labute approximate surface area is 113 Å². The Morgan fingerprint density at radius 1 is 1.17 bits per heavy atom. The molecule has 0 aromatic rings. The maximum absolute atomic E-state index is 11.9. The van der Waals surface area contributed by atoms with Crippen molar-refractivity contribution in [1.29, 1.82) is 0 Å². The van der Waals surface area contributed by atoms with Gasteiger partial charge in [-0.2, -0.15) is 0 Å². The summed E-state index contributed by atoms with van der Waals surface area (Å²) in [6.07, 6.45) is 0. The standard InChI is InChI=1S/C13H30N2O2S/c1-7-15(8-2)11-12(3)14-9-10-18(16,17)13(4,5)6/h12,14H,7-11H2,1-6H3. The molecule has 1 N–H and O–H groups in total. The zero-order chi connectivity index (χ0) is 14.4. The maximum Gasteiger partial charge on any atom is 0.156 e. The third kappa shape index (κ3) is 6.16. The van der Waals surface area contributed by atoms with Crippen LogP contribution in [0, 0.1) is 0 Å². The zero-order valence-corrected chi connectivity index (χ0v) is 13.6. The molecule has 0 heterocycles. The van der Waals surface area contributed by atoms with E-state index in [0.717, 1.165) is 19.6 Å². The molecule has 0 aliphatic carbocycles. The molecule has 1 atom stereocenters. The van der Waals surface area contributed by atoms with E-state index < -0.39 is 14.6 Å². The van der Waals surface area contributed by atoms with Crippen LogP contribution in [0.5, 0.6) is 0 Å². The van der Waals surface area contributed by atoms with E-state index in [-0.39, 0.29) is 5.75 Å². The van der Waals surface area contributed by atoms with Gasteiger partial charge in [0.25, 0.3) is 0 Å². The maximum atomic E-state index is 11.9. The average molecular weight is 278 g/mol. The molecular formula is C13H30N2O2S. The molecule has 110 valence electrons. The molecule has 0 aromatic heterocycles. The molecule has 0 bridgehead atoms. The Bertz CT molecular complexity index is 316. The van der Waals surface area contributed by atoms with Crippen molar-refractivity contribution in [1.82, 2.24) is 10.2 Å². The quantitative estimate of drug-likeness (QED) is 0.731. The largest absolute Gasteiger partial charge is 0.312 e. The van der Waals surface area contributed by atoms with E-state index in [1.807, 2.05) is 0 Å². The van der Waals surface area contributed by atoms with Gasteiger partial charge in [0.1, 0.15) is 0 Å². The summed E-state index contributed by atoms with van der Waals surface area (Å²) in [5.74, 6) is 0.207. The number of rotatable bonds is 8. The van der Waals surface area contributed by atoms with Crippen LogP contribution in [0.25, 0.3) is 0 Å². The zero-order valence-electron chi connectivity index (χ0n) is 12.8. The lowest BCUT2D eigenvalue weighted by Crippen LogP contribution is -2.42. The van der Waals surface area contributed by atoms with Crippen LogP contribution >= 0.6 is 0 Å². The lowest BCUT2D eigenvalue weighted by atomic mass is 10.3. The van der Waals surface area contributed by atoms with E-state index in [2.05, 4.69) is 31.0 Å². The van der Waals surface area contributed by atoms with Crippen molar-refractivity contribution in [3.8, 4) is 0 Å². The number of nitrogens with one attached hydrogen (secondary N) is 1. The number of nitrogens with zero attached hydrogens (tertiary/aromatic N) is 1. The van der Waals surface area contributed by atoms with Crippen LogP contribution in [-0.2, 0) is 9.84 Å². The highest BCUT2D eigenvalue weighted by Crippen LogP contribution is 2.15. The van der Waals surface area contributed by atoms with Gasteiger partial charge in [0, 0.05) is 19.1 Å². The van der Waals surface area contributed by atoms with Gasteiger partial charge in [0.2, 0.25) is 0 Å². The summed E-state index contributed by atoms with van der Waals surface area (Å²) < 4.78 is 23.2. The second-order valence-corrected chi connectivity index (χ2v) is 8.63. The lowest BCUT2D eigenvalue weighted by Gasteiger charge is -2.24. The van der Waals surface area contributed by atoms with Gasteiger partial charge in [-0.15, -0.1) is 0 Å². The Hall–Kier alpha value is -0.130. The predicted octanol–water partition coefficient (Wildman–Crippen LogP) is 1.52. The number of hydrogen-bond donors (Lipinski definition) is 1. The minimum atomic E-state index is -3.01. The van der Waals surface area contributed by atoms with Crippen molar-refractivity contribution < 1.29 is 8.42 Å². The predicted molar refractivity (Wildman–Crippen MR) is 78.8 cm³/mol. The van der Waals surface area contributed by atoms with E-state index >= 15 is 0 Å². The minimum absolute atomic E-state index is 0.207. The van der Waals surface area contributed by atoms with Gasteiger partial charge in [-0.25, -0.2) is 8.42 Å². The highest BCUT2D eigenvalue weighted by molar-refractivity contribution is 7.92. The van der Waals surface area contributed by atoms with E-state index in [1.165, 1.54) is 0 Å². The second kappa shape index (κ2) is 7.46. The fourth-order valence-corrected chi connectivity index (χ4v) is 2.68. The van der Waals surface area contributed by atoms with Gasteiger partial charge in [0.05, 0.1) is 10.5 Å². The molecule has 0 saturated heterocycles. The third-order valence-corrected chi connectivity index (χ3v) is 5.83. The first-order valence-electron chi connectivity index (χ1n) is 6.82. The molecular weight excluding hydrogens is 248 g/mol. The molecule has 1 unspecified atom stereocenters. The monoisotopic (exact) mass is 278 g/mol. The SMILES string of the molecule is CCN(CC)CC(C)NCCS(=O)(=O)C(C)(C)C. The smallest absolute Gasteiger partial charge is 0.156 e. The van der Waals surface area contributed by atoms with E-state index in [4.69, 9.17) is 0 Å². The van der Waals surface area contributed by atoms with Crippen LogP contribution in [0.15, 0.2) is 0 Å². The third-order valence-electron chi connectivity index (χ3n) is 3.22. The molecule has 4 nitrogen and oxygen atoms in total. The van der Waals surface area contributed by atoms with Crippen molar-refractivity contribution in [3.63, 3.8) is 0 Å². The molecule has 0 fully saturated rings. The van der Waals surface area contributed by atoms with Gasteiger partial charge in [-0.05, 0) is 40.8 Å². The van der Waals surface area contributed by atoms with Crippen LogP contribution < -0.4 is 5.32 Å². The summed E-state index contributed by atoms with van der Waals surface area (Å²) in [5.41, 5.74) is 0. The van der Waals surface area contributed by atoms with Gasteiger partial charge in [-0.3, -0.25) is 0 Å². The van der Waals surface area contributed by atoms with Crippen molar-refractivity contribution in [2.75, 3.05) is 31.9 Å².